The zero-order chi connectivity index (χ0) is 14.0. The minimum absolute atomic E-state index is 0.297. The lowest BCUT2D eigenvalue weighted by atomic mass is 10.1. The second-order valence-electron chi connectivity index (χ2n) is 4.16. The number of hydrogen-bond acceptors (Lipinski definition) is 1. The number of nitrogens with one attached hydrogen (secondary N) is 1. The number of halogens is 4. The van der Waals surface area contributed by atoms with Crippen molar-refractivity contribution < 1.29 is 8.78 Å². The molecule has 0 aliphatic heterocycles. The van der Waals surface area contributed by atoms with Gasteiger partial charge in [-0.2, -0.15) is 0 Å². The first-order valence-electron chi connectivity index (χ1n) is 5.64. The molecular weight excluding hydrogens is 383 g/mol. The summed E-state index contributed by atoms with van der Waals surface area (Å²) in [6.07, 6.45) is 0. The molecule has 0 heterocycles. The first-order chi connectivity index (χ1) is 8.97. The molecule has 0 radical (unpaired) electrons. The van der Waals surface area contributed by atoms with Crippen LogP contribution in [-0.4, -0.2) is 0 Å². The summed E-state index contributed by atoms with van der Waals surface area (Å²) in [5.74, 6) is -0.874. The van der Waals surface area contributed by atoms with E-state index < -0.39 is 11.6 Å². The van der Waals surface area contributed by atoms with Gasteiger partial charge in [-0.15, -0.1) is 0 Å². The van der Waals surface area contributed by atoms with E-state index in [0.717, 1.165) is 21.4 Å². The number of hydrogen-bond donors (Lipinski definition) is 1. The minimum Gasteiger partial charge on any atom is -0.378 e. The SMILES string of the molecule is CC(Nc1ccc(Cl)cc1I)c1cc(F)ccc1F. The molecule has 5 heteroatoms. The predicted octanol–water partition coefficient (Wildman–Crippen LogP) is 5.40. The van der Waals surface area contributed by atoms with Crippen molar-refractivity contribution in [2.45, 2.75) is 13.0 Å². The highest BCUT2D eigenvalue weighted by atomic mass is 127. The first-order valence-corrected chi connectivity index (χ1v) is 7.09. The molecule has 0 saturated carbocycles. The quantitative estimate of drug-likeness (QED) is 0.689. The average molecular weight is 394 g/mol. The van der Waals surface area contributed by atoms with Gasteiger partial charge in [0.25, 0.3) is 0 Å². The average Bonchev–Trinajstić information content (AvgIpc) is 2.35. The van der Waals surface area contributed by atoms with E-state index in [1.165, 1.54) is 6.07 Å². The first kappa shape index (κ1) is 14.5. The molecule has 0 spiro atoms. The smallest absolute Gasteiger partial charge is 0.128 e. The second kappa shape index (κ2) is 6.05. The van der Waals surface area contributed by atoms with Gasteiger partial charge in [0.05, 0.1) is 6.04 Å². The molecule has 100 valence electrons. The third-order valence-corrected chi connectivity index (χ3v) is 3.86. The summed E-state index contributed by atoms with van der Waals surface area (Å²) < 4.78 is 27.7. The van der Waals surface area contributed by atoms with Crippen LogP contribution in [0.2, 0.25) is 5.02 Å². The van der Waals surface area contributed by atoms with Crippen molar-refractivity contribution in [1.82, 2.24) is 0 Å². The molecule has 2 aromatic carbocycles. The van der Waals surface area contributed by atoms with E-state index in [1.54, 1.807) is 19.1 Å². The molecule has 1 atom stereocenters. The molecule has 2 aromatic rings. The molecule has 1 N–H and O–H groups in total. The Hall–Kier alpha value is -0.880. The van der Waals surface area contributed by atoms with E-state index in [9.17, 15) is 8.78 Å². The zero-order valence-electron chi connectivity index (χ0n) is 10.1. The molecule has 0 aliphatic carbocycles. The lowest BCUT2D eigenvalue weighted by Crippen LogP contribution is -2.10. The van der Waals surface area contributed by atoms with Crippen molar-refractivity contribution in [3.63, 3.8) is 0 Å². The van der Waals surface area contributed by atoms with Crippen LogP contribution < -0.4 is 5.32 Å². The molecular formula is C14H11ClF2IN. The van der Waals surface area contributed by atoms with Crippen LogP contribution >= 0.6 is 34.2 Å². The summed E-state index contributed by atoms with van der Waals surface area (Å²) in [5, 5.41) is 3.79. The Morgan fingerprint density at radius 2 is 1.89 bits per heavy atom. The molecule has 19 heavy (non-hydrogen) atoms. The second-order valence-corrected chi connectivity index (χ2v) is 5.75. The summed E-state index contributed by atoms with van der Waals surface area (Å²) in [4.78, 5) is 0. The van der Waals surface area contributed by atoms with Crippen molar-refractivity contribution in [3.8, 4) is 0 Å². The fraction of sp³-hybridized carbons (Fsp3) is 0.143. The third kappa shape index (κ3) is 3.57. The minimum atomic E-state index is -0.448. The summed E-state index contributed by atoms with van der Waals surface area (Å²) >= 11 is 8.01. The van der Waals surface area contributed by atoms with Gasteiger partial charge in [-0.05, 0) is 65.9 Å². The van der Waals surface area contributed by atoms with Crippen molar-refractivity contribution in [1.29, 1.82) is 0 Å². The molecule has 0 amide bonds. The van der Waals surface area contributed by atoms with Crippen LogP contribution in [0.5, 0.6) is 0 Å². The van der Waals surface area contributed by atoms with E-state index in [-0.39, 0.29) is 6.04 Å². The summed E-state index contributed by atoms with van der Waals surface area (Å²) in [6.45, 7) is 1.78. The van der Waals surface area contributed by atoms with Gasteiger partial charge in [0.2, 0.25) is 0 Å². The number of rotatable bonds is 3. The Bertz CT molecular complexity index is 604. The van der Waals surface area contributed by atoms with Gasteiger partial charge in [-0.3, -0.25) is 0 Å². The fourth-order valence-corrected chi connectivity index (χ4v) is 2.79. The van der Waals surface area contributed by atoms with E-state index >= 15 is 0 Å². The Balaban J connectivity index is 2.25. The Morgan fingerprint density at radius 3 is 2.58 bits per heavy atom. The highest BCUT2D eigenvalue weighted by molar-refractivity contribution is 14.1. The highest BCUT2D eigenvalue weighted by Gasteiger charge is 2.13. The summed E-state index contributed by atoms with van der Waals surface area (Å²) in [7, 11) is 0. The van der Waals surface area contributed by atoms with E-state index in [4.69, 9.17) is 11.6 Å². The van der Waals surface area contributed by atoms with Crippen molar-refractivity contribution in [2.24, 2.45) is 0 Å². The maximum Gasteiger partial charge on any atom is 0.128 e. The maximum absolute atomic E-state index is 13.7. The number of anilines is 1. The normalized spacial score (nSPS) is 12.3. The van der Waals surface area contributed by atoms with Gasteiger partial charge >= 0.3 is 0 Å². The topological polar surface area (TPSA) is 12.0 Å². The van der Waals surface area contributed by atoms with Gasteiger partial charge in [0.15, 0.2) is 0 Å². The van der Waals surface area contributed by atoms with Gasteiger partial charge in [-0.1, -0.05) is 11.6 Å². The molecule has 0 aromatic heterocycles. The Kier molecular flexibility index (Phi) is 4.62. The van der Waals surface area contributed by atoms with E-state index in [0.29, 0.717) is 10.6 Å². The lowest BCUT2D eigenvalue weighted by molar-refractivity contribution is 0.577. The van der Waals surface area contributed by atoms with Gasteiger partial charge in [0.1, 0.15) is 11.6 Å². The summed E-state index contributed by atoms with van der Waals surface area (Å²) in [6, 6.07) is 8.48. The lowest BCUT2D eigenvalue weighted by Gasteiger charge is -2.17. The zero-order valence-corrected chi connectivity index (χ0v) is 13.0. The third-order valence-electron chi connectivity index (χ3n) is 2.73. The van der Waals surface area contributed by atoms with Crippen molar-refractivity contribution in [2.75, 3.05) is 5.32 Å². The molecule has 2 rings (SSSR count). The molecule has 1 nitrogen and oxygen atoms in total. The van der Waals surface area contributed by atoms with E-state index in [2.05, 4.69) is 27.9 Å². The van der Waals surface area contributed by atoms with Crippen LogP contribution in [0.15, 0.2) is 36.4 Å². The standard InChI is InChI=1S/C14H11ClF2IN/c1-8(11-7-10(16)3-4-12(11)17)19-14-5-2-9(15)6-13(14)18/h2-8,19H,1H3. The predicted molar refractivity (Wildman–Crippen MR) is 82.6 cm³/mol. The Labute approximate surface area is 129 Å². The monoisotopic (exact) mass is 393 g/mol. The van der Waals surface area contributed by atoms with Gasteiger partial charge in [-0.25, -0.2) is 8.78 Å². The van der Waals surface area contributed by atoms with Crippen LogP contribution in [0.3, 0.4) is 0 Å². The van der Waals surface area contributed by atoms with Crippen LogP contribution in [-0.2, 0) is 0 Å². The fourth-order valence-electron chi connectivity index (χ4n) is 1.76. The van der Waals surface area contributed by atoms with Crippen LogP contribution in [0.1, 0.15) is 18.5 Å². The molecule has 0 bridgehead atoms. The molecule has 0 saturated heterocycles. The van der Waals surface area contributed by atoms with Crippen LogP contribution in [0.4, 0.5) is 14.5 Å². The highest BCUT2D eigenvalue weighted by Crippen LogP contribution is 2.27. The van der Waals surface area contributed by atoms with Crippen LogP contribution in [0, 0.1) is 15.2 Å². The number of benzene rings is 2. The Morgan fingerprint density at radius 1 is 1.16 bits per heavy atom. The van der Waals surface area contributed by atoms with Gasteiger partial charge in [0, 0.05) is 19.8 Å². The van der Waals surface area contributed by atoms with Crippen molar-refractivity contribution >= 4 is 39.9 Å². The molecule has 0 fully saturated rings. The largest absolute Gasteiger partial charge is 0.378 e. The van der Waals surface area contributed by atoms with E-state index in [1.807, 2.05) is 6.07 Å². The molecule has 0 aliphatic rings. The van der Waals surface area contributed by atoms with Crippen molar-refractivity contribution in [3.05, 3.63) is 62.2 Å². The van der Waals surface area contributed by atoms with Gasteiger partial charge < -0.3 is 5.32 Å². The molecule has 1 unspecified atom stereocenters. The maximum atomic E-state index is 13.7. The van der Waals surface area contributed by atoms with Crippen LogP contribution in [0.25, 0.3) is 0 Å². The summed E-state index contributed by atoms with van der Waals surface area (Å²) in [5.41, 5.74) is 1.13.